The van der Waals surface area contributed by atoms with E-state index in [9.17, 15) is 4.79 Å². The SMILES string of the molecule is CCCCCc1ccc(C(=O)N2CCc3nc(Cc4ccc(OC)cc4)nc(N4CCOCC4)c3C2)cc1. The molecule has 1 fully saturated rings. The molecule has 2 aliphatic rings. The molecule has 1 amide bonds. The van der Waals surface area contributed by atoms with Crippen LogP contribution in [0.15, 0.2) is 48.5 Å². The van der Waals surface area contributed by atoms with Crippen LogP contribution in [-0.2, 0) is 30.5 Å². The number of fused-ring (bicyclic) bond motifs is 1. The lowest BCUT2D eigenvalue weighted by atomic mass is 10.0. The number of carbonyl (C=O) groups is 1. The van der Waals surface area contributed by atoms with Crippen molar-refractivity contribution in [3.8, 4) is 5.75 Å². The predicted molar refractivity (Wildman–Crippen MR) is 149 cm³/mol. The van der Waals surface area contributed by atoms with E-state index in [4.69, 9.17) is 19.4 Å². The minimum absolute atomic E-state index is 0.0750. The second-order valence-corrected chi connectivity index (χ2v) is 10.1. The summed E-state index contributed by atoms with van der Waals surface area (Å²) >= 11 is 0. The highest BCUT2D eigenvalue weighted by Crippen LogP contribution is 2.29. The first-order chi connectivity index (χ1) is 18.6. The normalized spacial score (nSPS) is 15.3. The van der Waals surface area contributed by atoms with Gasteiger partial charge in [-0.15, -0.1) is 0 Å². The topological polar surface area (TPSA) is 67.8 Å². The van der Waals surface area contributed by atoms with Gasteiger partial charge in [0.05, 0.1) is 32.6 Å². The molecule has 3 heterocycles. The Labute approximate surface area is 225 Å². The van der Waals surface area contributed by atoms with Gasteiger partial charge in [0, 0.05) is 43.6 Å². The molecule has 0 aliphatic carbocycles. The van der Waals surface area contributed by atoms with Gasteiger partial charge in [0.1, 0.15) is 17.4 Å². The van der Waals surface area contributed by atoms with Gasteiger partial charge in [-0.05, 0) is 48.2 Å². The minimum atomic E-state index is 0.0750. The summed E-state index contributed by atoms with van der Waals surface area (Å²) in [6.07, 6.45) is 6.10. The fourth-order valence-electron chi connectivity index (χ4n) is 5.24. The number of anilines is 1. The first kappa shape index (κ1) is 26.2. The van der Waals surface area contributed by atoms with Crippen LogP contribution in [0, 0.1) is 0 Å². The Balaban J connectivity index is 1.36. The number of benzene rings is 2. The quantitative estimate of drug-likeness (QED) is 0.381. The van der Waals surface area contributed by atoms with Crippen molar-refractivity contribution >= 4 is 11.7 Å². The lowest BCUT2D eigenvalue weighted by Gasteiger charge is -2.34. The van der Waals surface area contributed by atoms with E-state index in [-0.39, 0.29) is 5.91 Å². The molecule has 0 bridgehead atoms. The van der Waals surface area contributed by atoms with E-state index >= 15 is 0 Å². The monoisotopic (exact) mass is 514 g/mol. The molecule has 2 aromatic carbocycles. The van der Waals surface area contributed by atoms with Crippen LogP contribution in [0.3, 0.4) is 0 Å². The molecule has 200 valence electrons. The van der Waals surface area contributed by atoms with Gasteiger partial charge in [-0.2, -0.15) is 0 Å². The van der Waals surface area contributed by atoms with E-state index < -0.39 is 0 Å². The summed E-state index contributed by atoms with van der Waals surface area (Å²) in [7, 11) is 1.67. The number of ether oxygens (including phenoxy) is 2. The molecule has 0 radical (unpaired) electrons. The number of hydrogen-bond acceptors (Lipinski definition) is 6. The van der Waals surface area contributed by atoms with Crippen LogP contribution in [-0.4, -0.2) is 60.7 Å². The van der Waals surface area contributed by atoms with Crippen molar-refractivity contribution in [3.05, 3.63) is 82.3 Å². The van der Waals surface area contributed by atoms with Crippen molar-refractivity contribution in [2.24, 2.45) is 0 Å². The Morgan fingerprint density at radius 2 is 1.68 bits per heavy atom. The van der Waals surface area contributed by atoms with Crippen LogP contribution in [0.25, 0.3) is 0 Å². The van der Waals surface area contributed by atoms with Crippen molar-refractivity contribution in [1.29, 1.82) is 0 Å². The minimum Gasteiger partial charge on any atom is -0.497 e. The zero-order chi connectivity index (χ0) is 26.3. The standard InChI is InChI=1S/C31H38N4O3/c1-3-4-5-6-23-7-11-25(12-8-23)31(36)35-16-15-28-27(22-35)30(34-17-19-38-20-18-34)33-29(32-28)21-24-9-13-26(37-2)14-10-24/h7-14H,3-6,15-22H2,1-2H3. The predicted octanol–water partition coefficient (Wildman–Crippen LogP) is 4.84. The summed E-state index contributed by atoms with van der Waals surface area (Å²) in [6, 6.07) is 16.2. The van der Waals surface area contributed by atoms with Crippen LogP contribution in [0.2, 0.25) is 0 Å². The third-order valence-electron chi connectivity index (χ3n) is 7.47. The molecule has 0 spiro atoms. The van der Waals surface area contributed by atoms with Crippen molar-refractivity contribution in [3.63, 3.8) is 0 Å². The fraction of sp³-hybridized carbons (Fsp3) is 0.452. The van der Waals surface area contributed by atoms with E-state index in [1.165, 1.54) is 24.8 Å². The lowest BCUT2D eigenvalue weighted by molar-refractivity contribution is 0.0733. The van der Waals surface area contributed by atoms with Gasteiger partial charge in [-0.3, -0.25) is 4.79 Å². The molecule has 2 aliphatic heterocycles. The van der Waals surface area contributed by atoms with Crippen molar-refractivity contribution in [1.82, 2.24) is 14.9 Å². The third kappa shape index (κ3) is 6.16. The summed E-state index contributed by atoms with van der Waals surface area (Å²) in [6.45, 7) is 6.35. The van der Waals surface area contributed by atoms with Crippen LogP contribution in [0.5, 0.6) is 5.75 Å². The number of hydrogen-bond donors (Lipinski definition) is 0. The van der Waals surface area contributed by atoms with E-state index in [1.807, 2.05) is 29.2 Å². The molecule has 1 saturated heterocycles. The van der Waals surface area contributed by atoms with Crippen molar-refractivity contribution in [2.75, 3.05) is 44.9 Å². The van der Waals surface area contributed by atoms with Crippen LogP contribution < -0.4 is 9.64 Å². The Morgan fingerprint density at radius 1 is 0.947 bits per heavy atom. The molecule has 0 atom stereocenters. The van der Waals surface area contributed by atoms with Crippen molar-refractivity contribution in [2.45, 2.75) is 52.0 Å². The van der Waals surface area contributed by atoms with Gasteiger partial charge >= 0.3 is 0 Å². The average molecular weight is 515 g/mol. The van der Waals surface area contributed by atoms with E-state index in [0.29, 0.717) is 32.7 Å². The summed E-state index contributed by atoms with van der Waals surface area (Å²) < 4.78 is 10.9. The van der Waals surface area contributed by atoms with E-state index in [2.05, 4.69) is 36.1 Å². The first-order valence-electron chi connectivity index (χ1n) is 13.9. The molecular weight excluding hydrogens is 476 g/mol. The number of unbranched alkanes of at least 4 members (excludes halogenated alkanes) is 2. The number of amides is 1. The summed E-state index contributed by atoms with van der Waals surface area (Å²) in [5, 5.41) is 0. The number of rotatable bonds is 9. The Morgan fingerprint density at radius 3 is 2.39 bits per heavy atom. The molecule has 38 heavy (non-hydrogen) atoms. The zero-order valence-corrected chi connectivity index (χ0v) is 22.6. The van der Waals surface area contributed by atoms with Gasteiger partial charge in [0.25, 0.3) is 5.91 Å². The second kappa shape index (κ2) is 12.4. The fourth-order valence-corrected chi connectivity index (χ4v) is 5.24. The van der Waals surface area contributed by atoms with Crippen LogP contribution >= 0.6 is 0 Å². The molecule has 7 nitrogen and oxygen atoms in total. The molecule has 0 N–H and O–H groups in total. The largest absolute Gasteiger partial charge is 0.497 e. The molecular formula is C31H38N4O3. The number of aromatic nitrogens is 2. The molecule has 5 rings (SSSR count). The Kier molecular flexibility index (Phi) is 8.54. The number of carbonyl (C=O) groups excluding carboxylic acids is 1. The third-order valence-corrected chi connectivity index (χ3v) is 7.47. The lowest BCUT2D eigenvalue weighted by Crippen LogP contribution is -2.41. The van der Waals surface area contributed by atoms with Gasteiger partial charge in [0.15, 0.2) is 0 Å². The van der Waals surface area contributed by atoms with E-state index in [1.54, 1.807) is 7.11 Å². The van der Waals surface area contributed by atoms with Gasteiger partial charge in [-0.1, -0.05) is 44.0 Å². The molecule has 1 aromatic heterocycles. The second-order valence-electron chi connectivity index (χ2n) is 10.1. The van der Waals surface area contributed by atoms with Gasteiger partial charge < -0.3 is 19.3 Å². The maximum absolute atomic E-state index is 13.5. The Bertz CT molecular complexity index is 1220. The van der Waals surface area contributed by atoms with Crippen LogP contribution in [0.4, 0.5) is 5.82 Å². The van der Waals surface area contributed by atoms with E-state index in [0.717, 1.165) is 65.7 Å². The molecule has 0 saturated carbocycles. The number of nitrogens with zero attached hydrogens (tertiary/aromatic N) is 4. The highest BCUT2D eigenvalue weighted by Gasteiger charge is 2.29. The average Bonchev–Trinajstić information content (AvgIpc) is 2.97. The maximum atomic E-state index is 13.5. The molecule has 3 aromatic rings. The Hall–Kier alpha value is -3.45. The number of methoxy groups -OCH3 is 1. The van der Waals surface area contributed by atoms with Crippen molar-refractivity contribution < 1.29 is 14.3 Å². The highest BCUT2D eigenvalue weighted by atomic mass is 16.5. The van der Waals surface area contributed by atoms with Gasteiger partial charge in [-0.25, -0.2) is 9.97 Å². The highest BCUT2D eigenvalue weighted by molar-refractivity contribution is 5.94. The summed E-state index contributed by atoms with van der Waals surface area (Å²) in [5.41, 5.74) is 5.31. The molecule has 0 unspecified atom stereocenters. The summed E-state index contributed by atoms with van der Waals surface area (Å²) in [5.74, 6) is 2.68. The van der Waals surface area contributed by atoms with Gasteiger partial charge in [0.2, 0.25) is 0 Å². The maximum Gasteiger partial charge on any atom is 0.254 e. The van der Waals surface area contributed by atoms with Crippen LogP contribution in [0.1, 0.15) is 64.8 Å². The first-order valence-corrected chi connectivity index (χ1v) is 13.9. The summed E-state index contributed by atoms with van der Waals surface area (Å²) in [4.78, 5) is 27.7. The zero-order valence-electron chi connectivity index (χ0n) is 22.6. The number of aryl methyl sites for hydroxylation is 1. The smallest absolute Gasteiger partial charge is 0.254 e. The number of morpholine rings is 1. The molecule has 7 heteroatoms.